The summed E-state index contributed by atoms with van der Waals surface area (Å²) in [6.07, 6.45) is 0.340. The molecule has 1 N–H and O–H groups in total. The molecule has 4 rings (SSSR count). The second-order valence-electron chi connectivity index (χ2n) is 10.8. The number of amides is 1. The zero-order chi connectivity index (χ0) is 29.0. The summed E-state index contributed by atoms with van der Waals surface area (Å²) in [5, 5.41) is 11.5. The molecule has 0 bridgehead atoms. The van der Waals surface area contributed by atoms with Crippen molar-refractivity contribution in [3.63, 3.8) is 0 Å². The number of halogens is 1. The molecular weight excluding hydrogens is 509 g/mol. The number of ketones is 1. The molecule has 0 saturated carbocycles. The minimum Gasteiger partial charge on any atom is -0.507 e. The van der Waals surface area contributed by atoms with Crippen LogP contribution in [0.5, 0.6) is 11.5 Å². The molecule has 0 radical (unpaired) electrons. The highest BCUT2D eigenvalue weighted by Crippen LogP contribution is 2.41. The molecule has 3 aromatic carbocycles. The van der Waals surface area contributed by atoms with Crippen LogP contribution in [0.1, 0.15) is 56.0 Å². The quantitative estimate of drug-likeness (QED) is 0.176. The molecule has 1 aliphatic heterocycles. The number of nitrogens with zero attached hydrogens (tertiary/aromatic N) is 1. The second kappa shape index (κ2) is 12.4. The largest absolute Gasteiger partial charge is 0.507 e. The van der Waals surface area contributed by atoms with E-state index in [0.717, 1.165) is 11.1 Å². The lowest BCUT2D eigenvalue weighted by Crippen LogP contribution is -2.31. The molecule has 40 heavy (non-hydrogen) atoms. The average molecular weight is 546 g/mol. The molecular formula is C33H36FNO5. The Kier molecular flexibility index (Phi) is 8.93. The highest BCUT2D eigenvalue weighted by Gasteiger charge is 2.46. The Hall–Kier alpha value is -4.13. The molecule has 3 aromatic rings. The number of aryl methyl sites for hydroxylation is 1. The lowest BCUT2D eigenvalue weighted by molar-refractivity contribution is -0.139. The molecule has 1 fully saturated rings. The van der Waals surface area contributed by atoms with Gasteiger partial charge in [-0.25, -0.2) is 4.39 Å². The highest BCUT2D eigenvalue weighted by atomic mass is 19.1. The number of aliphatic hydroxyl groups is 1. The average Bonchev–Trinajstić information content (AvgIpc) is 3.16. The van der Waals surface area contributed by atoms with Gasteiger partial charge >= 0.3 is 0 Å². The number of rotatable bonds is 10. The van der Waals surface area contributed by atoms with Crippen LogP contribution in [0.25, 0.3) is 5.76 Å². The molecule has 7 heteroatoms. The van der Waals surface area contributed by atoms with Gasteiger partial charge in [-0.3, -0.25) is 9.59 Å². The second-order valence-corrected chi connectivity index (χ2v) is 10.8. The predicted octanol–water partition coefficient (Wildman–Crippen LogP) is 6.62. The Labute approximate surface area is 235 Å². The van der Waals surface area contributed by atoms with Gasteiger partial charge in [-0.1, -0.05) is 38.1 Å². The fourth-order valence-corrected chi connectivity index (χ4v) is 4.76. The van der Waals surface area contributed by atoms with Crippen molar-refractivity contribution in [1.29, 1.82) is 0 Å². The van der Waals surface area contributed by atoms with E-state index in [0.29, 0.717) is 41.6 Å². The van der Waals surface area contributed by atoms with Gasteiger partial charge in [-0.15, -0.1) is 0 Å². The molecule has 0 aliphatic carbocycles. The minimum atomic E-state index is -0.826. The Morgan fingerprint density at radius 2 is 1.73 bits per heavy atom. The smallest absolute Gasteiger partial charge is 0.295 e. The molecule has 1 amide bonds. The molecule has 1 aliphatic rings. The van der Waals surface area contributed by atoms with E-state index < -0.39 is 17.7 Å². The first-order chi connectivity index (χ1) is 19.0. The van der Waals surface area contributed by atoms with Crippen LogP contribution >= 0.6 is 0 Å². The van der Waals surface area contributed by atoms with Gasteiger partial charge in [-0.05, 0) is 92.3 Å². The SMILES string of the molecule is Cc1cc(/C(O)=C2\C(=O)C(=O)N(CCc3ccc(F)cc3)C2c2cccc(OC(C)C)c2)ccc1OCC(C)C. The molecule has 0 spiro atoms. The molecule has 1 saturated heterocycles. The zero-order valence-corrected chi connectivity index (χ0v) is 23.6. The van der Waals surface area contributed by atoms with E-state index in [1.807, 2.05) is 32.9 Å². The number of likely N-dealkylation sites (tertiary alicyclic amines) is 1. The summed E-state index contributed by atoms with van der Waals surface area (Å²) in [6, 6.07) is 17.7. The molecule has 1 atom stereocenters. The van der Waals surface area contributed by atoms with Gasteiger partial charge in [0.2, 0.25) is 0 Å². The van der Waals surface area contributed by atoms with Gasteiger partial charge in [-0.2, -0.15) is 0 Å². The van der Waals surface area contributed by atoms with Crippen LogP contribution in [0.3, 0.4) is 0 Å². The topological polar surface area (TPSA) is 76.1 Å². The molecule has 210 valence electrons. The van der Waals surface area contributed by atoms with Crippen molar-refractivity contribution in [3.8, 4) is 11.5 Å². The third kappa shape index (κ3) is 6.53. The van der Waals surface area contributed by atoms with E-state index in [1.165, 1.54) is 17.0 Å². The maximum Gasteiger partial charge on any atom is 0.295 e. The Bertz CT molecular complexity index is 1410. The standard InChI is InChI=1S/C33H36FNO5/c1-20(2)19-39-28-14-11-25(17-22(28)5)31(36)29-30(24-7-6-8-27(18-24)40-21(3)4)35(33(38)32(29)37)16-15-23-9-12-26(34)13-10-23/h6-14,17-18,20-21,30,36H,15-16,19H2,1-5H3/b31-29+. The summed E-state index contributed by atoms with van der Waals surface area (Å²) in [6.45, 7) is 10.6. The van der Waals surface area contributed by atoms with Crippen LogP contribution in [0.2, 0.25) is 0 Å². The Morgan fingerprint density at radius 1 is 1.00 bits per heavy atom. The molecule has 6 nitrogen and oxygen atoms in total. The lowest BCUT2D eigenvalue weighted by atomic mass is 9.94. The van der Waals surface area contributed by atoms with E-state index in [-0.39, 0.29) is 29.8 Å². The summed E-state index contributed by atoms with van der Waals surface area (Å²) >= 11 is 0. The van der Waals surface area contributed by atoms with Crippen molar-refractivity contribution < 1.29 is 28.6 Å². The summed E-state index contributed by atoms with van der Waals surface area (Å²) < 4.78 is 25.2. The number of benzene rings is 3. The van der Waals surface area contributed by atoms with Crippen LogP contribution in [-0.4, -0.2) is 41.0 Å². The summed E-state index contributed by atoms with van der Waals surface area (Å²) in [7, 11) is 0. The van der Waals surface area contributed by atoms with E-state index in [4.69, 9.17) is 9.47 Å². The highest BCUT2D eigenvalue weighted by molar-refractivity contribution is 6.46. The van der Waals surface area contributed by atoms with Crippen LogP contribution in [0, 0.1) is 18.7 Å². The third-order valence-corrected chi connectivity index (χ3v) is 6.66. The Balaban J connectivity index is 1.76. The monoisotopic (exact) mass is 545 g/mol. The lowest BCUT2D eigenvalue weighted by Gasteiger charge is -2.26. The van der Waals surface area contributed by atoms with Crippen LogP contribution < -0.4 is 9.47 Å². The molecule has 1 heterocycles. The van der Waals surface area contributed by atoms with E-state index in [9.17, 15) is 19.1 Å². The van der Waals surface area contributed by atoms with Crippen molar-refractivity contribution in [3.05, 3.63) is 100 Å². The van der Waals surface area contributed by atoms with Gasteiger partial charge in [0.15, 0.2) is 0 Å². The van der Waals surface area contributed by atoms with Crippen molar-refractivity contribution in [2.45, 2.75) is 53.2 Å². The van der Waals surface area contributed by atoms with Crippen LogP contribution in [0.4, 0.5) is 4.39 Å². The summed E-state index contributed by atoms with van der Waals surface area (Å²) in [5.74, 6) is -0.400. The number of hydrogen-bond acceptors (Lipinski definition) is 5. The van der Waals surface area contributed by atoms with Crippen molar-refractivity contribution >= 4 is 17.4 Å². The maximum absolute atomic E-state index is 13.4. The normalized spacial score (nSPS) is 16.7. The van der Waals surface area contributed by atoms with Crippen molar-refractivity contribution in [2.75, 3.05) is 13.2 Å². The van der Waals surface area contributed by atoms with Crippen LogP contribution in [0.15, 0.2) is 72.3 Å². The fraction of sp³-hybridized carbons (Fsp3) is 0.333. The number of carbonyl (C=O) groups is 2. The maximum atomic E-state index is 13.4. The van der Waals surface area contributed by atoms with E-state index in [2.05, 4.69) is 13.8 Å². The first-order valence-electron chi connectivity index (χ1n) is 13.6. The van der Waals surface area contributed by atoms with Gasteiger partial charge in [0.1, 0.15) is 23.1 Å². The zero-order valence-electron chi connectivity index (χ0n) is 23.6. The van der Waals surface area contributed by atoms with Crippen LogP contribution in [-0.2, 0) is 16.0 Å². The third-order valence-electron chi connectivity index (χ3n) is 6.66. The number of carbonyl (C=O) groups excluding carboxylic acids is 2. The fourth-order valence-electron chi connectivity index (χ4n) is 4.76. The van der Waals surface area contributed by atoms with Crippen molar-refractivity contribution in [1.82, 2.24) is 4.90 Å². The summed E-state index contributed by atoms with van der Waals surface area (Å²) in [4.78, 5) is 28.3. The predicted molar refractivity (Wildman–Crippen MR) is 153 cm³/mol. The van der Waals surface area contributed by atoms with Gasteiger partial charge in [0.25, 0.3) is 11.7 Å². The van der Waals surface area contributed by atoms with Gasteiger partial charge in [0, 0.05) is 12.1 Å². The first kappa shape index (κ1) is 28.9. The van der Waals surface area contributed by atoms with Gasteiger partial charge < -0.3 is 19.5 Å². The summed E-state index contributed by atoms with van der Waals surface area (Å²) in [5.41, 5.74) is 2.71. The number of hydrogen-bond donors (Lipinski definition) is 1. The van der Waals surface area contributed by atoms with Crippen molar-refractivity contribution in [2.24, 2.45) is 5.92 Å². The van der Waals surface area contributed by atoms with Gasteiger partial charge in [0.05, 0.1) is 24.3 Å². The number of Topliss-reactive ketones (excluding diaryl/α,β-unsaturated/α-hetero) is 1. The number of aliphatic hydroxyl groups excluding tert-OH is 1. The molecule has 1 unspecified atom stereocenters. The molecule has 0 aromatic heterocycles. The minimum absolute atomic E-state index is 0.0149. The van der Waals surface area contributed by atoms with E-state index >= 15 is 0 Å². The number of ether oxygens (including phenoxy) is 2. The van der Waals surface area contributed by atoms with E-state index in [1.54, 1.807) is 42.5 Å². The first-order valence-corrected chi connectivity index (χ1v) is 13.6. The Morgan fingerprint density at radius 3 is 2.38 bits per heavy atom.